The van der Waals surface area contributed by atoms with Crippen molar-refractivity contribution in [3.05, 3.63) is 0 Å². The molecule has 92 valence electrons. The van der Waals surface area contributed by atoms with Crippen LogP contribution in [0.3, 0.4) is 0 Å². The van der Waals surface area contributed by atoms with Crippen molar-refractivity contribution in [2.24, 2.45) is 5.41 Å². The van der Waals surface area contributed by atoms with E-state index in [0.29, 0.717) is 5.41 Å². The number of carboxylic acids is 1. The lowest BCUT2D eigenvalue weighted by molar-refractivity contribution is -0.138. The van der Waals surface area contributed by atoms with E-state index in [2.05, 4.69) is 18.7 Å². The molecule has 2 fully saturated rings. The van der Waals surface area contributed by atoms with E-state index in [0.717, 1.165) is 6.42 Å². The highest BCUT2D eigenvalue weighted by Gasteiger charge is 2.48. The van der Waals surface area contributed by atoms with Crippen LogP contribution < -0.4 is 0 Å². The van der Waals surface area contributed by atoms with Crippen molar-refractivity contribution in [2.75, 3.05) is 13.1 Å². The Morgan fingerprint density at radius 2 is 1.88 bits per heavy atom. The first kappa shape index (κ1) is 11.9. The fraction of sp³-hybridized carbons (Fsp3) is 0.923. The molecule has 0 unspecified atom stereocenters. The van der Waals surface area contributed by atoms with Gasteiger partial charge in [-0.1, -0.05) is 12.8 Å². The fourth-order valence-electron chi connectivity index (χ4n) is 3.20. The van der Waals surface area contributed by atoms with Crippen LogP contribution in [0.15, 0.2) is 0 Å². The van der Waals surface area contributed by atoms with Gasteiger partial charge in [0.15, 0.2) is 0 Å². The summed E-state index contributed by atoms with van der Waals surface area (Å²) in [5.41, 5.74) is 0.673. The van der Waals surface area contributed by atoms with Crippen LogP contribution in [-0.4, -0.2) is 34.6 Å². The Hall–Kier alpha value is -0.570. The first-order valence-electron chi connectivity index (χ1n) is 6.41. The monoisotopic (exact) mass is 225 g/mol. The molecule has 2 aliphatic rings. The molecule has 1 saturated carbocycles. The van der Waals surface area contributed by atoms with E-state index in [1.165, 1.54) is 38.8 Å². The standard InChI is InChI=1S/C13H23NO2/c1-12(2,8-5-11(15)16)14-9-13(10-14)6-3-4-7-13/h3-10H2,1-2H3,(H,15,16). The second kappa shape index (κ2) is 4.02. The van der Waals surface area contributed by atoms with E-state index < -0.39 is 5.97 Å². The molecule has 0 amide bonds. The van der Waals surface area contributed by atoms with Crippen LogP contribution in [0.1, 0.15) is 52.4 Å². The summed E-state index contributed by atoms with van der Waals surface area (Å²) in [5.74, 6) is -0.677. The number of aliphatic carboxylic acids is 1. The number of hydrogen-bond donors (Lipinski definition) is 1. The van der Waals surface area contributed by atoms with E-state index in [9.17, 15) is 4.79 Å². The lowest BCUT2D eigenvalue weighted by Gasteiger charge is -2.55. The Labute approximate surface area is 97.8 Å². The summed E-state index contributed by atoms with van der Waals surface area (Å²) in [6, 6.07) is 0. The number of nitrogens with zero attached hydrogens (tertiary/aromatic N) is 1. The van der Waals surface area contributed by atoms with Gasteiger partial charge in [-0.3, -0.25) is 9.69 Å². The third-order valence-electron chi connectivity index (χ3n) is 4.52. The third-order valence-corrected chi connectivity index (χ3v) is 4.52. The predicted molar refractivity (Wildman–Crippen MR) is 63.4 cm³/mol. The quantitative estimate of drug-likeness (QED) is 0.799. The Bertz CT molecular complexity index is 272. The van der Waals surface area contributed by atoms with Gasteiger partial charge in [-0.25, -0.2) is 0 Å². The summed E-state index contributed by atoms with van der Waals surface area (Å²) in [4.78, 5) is 13.1. The zero-order valence-corrected chi connectivity index (χ0v) is 10.5. The summed E-state index contributed by atoms with van der Waals surface area (Å²) in [5, 5.41) is 8.74. The molecule has 1 spiro atoms. The molecule has 0 aromatic carbocycles. The molecule has 1 aliphatic heterocycles. The van der Waals surface area contributed by atoms with E-state index >= 15 is 0 Å². The molecule has 1 saturated heterocycles. The Morgan fingerprint density at radius 1 is 1.31 bits per heavy atom. The minimum Gasteiger partial charge on any atom is -0.481 e. The van der Waals surface area contributed by atoms with Crippen molar-refractivity contribution in [3.8, 4) is 0 Å². The van der Waals surface area contributed by atoms with Crippen LogP contribution in [0.25, 0.3) is 0 Å². The van der Waals surface area contributed by atoms with Gasteiger partial charge >= 0.3 is 5.97 Å². The number of hydrogen-bond acceptors (Lipinski definition) is 2. The average Bonchev–Trinajstić information content (AvgIpc) is 2.61. The molecule has 1 heterocycles. The van der Waals surface area contributed by atoms with Crippen LogP contribution in [0.4, 0.5) is 0 Å². The number of carbonyl (C=O) groups is 1. The average molecular weight is 225 g/mol. The highest BCUT2D eigenvalue weighted by Crippen LogP contribution is 2.48. The Kier molecular flexibility index (Phi) is 2.99. The third kappa shape index (κ3) is 2.24. The molecule has 3 heteroatoms. The van der Waals surface area contributed by atoms with E-state index in [-0.39, 0.29) is 12.0 Å². The molecule has 0 radical (unpaired) electrons. The maximum absolute atomic E-state index is 10.6. The molecule has 0 aromatic heterocycles. The Balaban J connectivity index is 1.82. The van der Waals surface area contributed by atoms with Gasteiger partial charge in [0, 0.05) is 25.0 Å². The lowest BCUT2D eigenvalue weighted by Crippen LogP contribution is -2.62. The minimum absolute atomic E-state index is 0.0617. The predicted octanol–water partition coefficient (Wildman–Crippen LogP) is 2.51. The van der Waals surface area contributed by atoms with Crippen LogP contribution in [0, 0.1) is 5.41 Å². The summed E-state index contributed by atoms with van der Waals surface area (Å²) in [6.45, 7) is 6.74. The number of likely N-dealkylation sites (tertiary alicyclic amines) is 1. The maximum Gasteiger partial charge on any atom is 0.303 e. The van der Waals surface area contributed by atoms with Gasteiger partial charge in [-0.15, -0.1) is 0 Å². The van der Waals surface area contributed by atoms with Gasteiger partial charge < -0.3 is 5.11 Å². The first-order chi connectivity index (χ1) is 7.44. The zero-order valence-electron chi connectivity index (χ0n) is 10.5. The van der Waals surface area contributed by atoms with Crippen LogP contribution in [0.5, 0.6) is 0 Å². The van der Waals surface area contributed by atoms with Crippen molar-refractivity contribution >= 4 is 5.97 Å². The van der Waals surface area contributed by atoms with Crippen LogP contribution >= 0.6 is 0 Å². The van der Waals surface area contributed by atoms with E-state index in [1.54, 1.807) is 0 Å². The summed E-state index contributed by atoms with van der Waals surface area (Å²) < 4.78 is 0. The van der Waals surface area contributed by atoms with E-state index in [4.69, 9.17) is 5.11 Å². The SMILES string of the molecule is CC(C)(CCC(=O)O)N1CC2(CCCC2)C1. The molecule has 0 bridgehead atoms. The molecule has 16 heavy (non-hydrogen) atoms. The molecular formula is C13H23NO2. The normalized spacial score (nSPS) is 24.6. The van der Waals surface area contributed by atoms with E-state index in [1.807, 2.05) is 0 Å². The van der Waals surface area contributed by atoms with Crippen LogP contribution in [0.2, 0.25) is 0 Å². The molecule has 3 nitrogen and oxygen atoms in total. The van der Waals surface area contributed by atoms with Crippen molar-refractivity contribution in [2.45, 2.75) is 57.9 Å². The largest absolute Gasteiger partial charge is 0.481 e. The van der Waals surface area contributed by atoms with Crippen molar-refractivity contribution in [1.82, 2.24) is 4.90 Å². The lowest BCUT2D eigenvalue weighted by atomic mass is 9.75. The fourth-order valence-corrected chi connectivity index (χ4v) is 3.20. The van der Waals surface area contributed by atoms with Crippen LogP contribution in [-0.2, 0) is 4.79 Å². The molecule has 0 aromatic rings. The second-order valence-electron chi connectivity index (χ2n) is 6.27. The van der Waals surface area contributed by atoms with Crippen molar-refractivity contribution in [3.63, 3.8) is 0 Å². The summed E-state index contributed by atoms with van der Waals surface area (Å²) >= 11 is 0. The van der Waals surface area contributed by atoms with Gasteiger partial charge in [0.25, 0.3) is 0 Å². The van der Waals surface area contributed by atoms with Gasteiger partial charge in [-0.05, 0) is 38.5 Å². The van der Waals surface area contributed by atoms with Gasteiger partial charge in [0.2, 0.25) is 0 Å². The van der Waals surface area contributed by atoms with Gasteiger partial charge in [0.05, 0.1) is 0 Å². The molecule has 0 atom stereocenters. The smallest absolute Gasteiger partial charge is 0.303 e. The Morgan fingerprint density at radius 3 is 2.38 bits per heavy atom. The topological polar surface area (TPSA) is 40.5 Å². The molecule has 2 rings (SSSR count). The minimum atomic E-state index is -0.677. The highest BCUT2D eigenvalue weighted by atomic mass is 16.4. The van der Waals surface area contributed by atoms with Gasteiger partial charge in [-0.2, -0.15) is 0 Å². The van der Waals surface area contributed by atoms with Gasteiger partial charge in [0.1, 0.15) is 0 Å². The molecule has 1 N–H and O–H groups in total. The van der Waals surface area contributed by atoms with Crippen molar-refractivity contribution < 1.29 is 9.90 Å². The molecular weight excluding hydrogens is 202 g/mol. The summed E-state index contributed by atoms with van der Waals surface area (Å²) in [6.07, 6.45) is 6.61. The highest BCUT2D eigenvalue weighted by molar-refractivity contribution is 5.66. The second-order valence-corrected chi connectivity index (χ2v) is 6.27. The number of carboxylic acid groups (broad SMARTS) is 1. The number of rotatable bonds is 4. The summed E-state index contributed by atoms with van der Waals surface area (Å²) in [7, 11) is 0. The zero-order chi connectivity index (χ0) is 11.8. The molecule has 1 aliphatic carbocycles. The van der Waals surface area contributed by atoms with Crippen molar-refractivity contribution in [1.29, 1.82) is 0 Å². The maximum atomic E-state index is 10.6. The first-order valence-corrected chi connectivity index (χ1v) is 6.41.